The van der Waals surface area contributed by atoms with Crippen molar-refractivity contribution >= 4 is 24.0 Å². The zero-order valence-electron chi connectivity index (χ0n) is 11.7. The van der Waals surface area contributed by atoms with Crippen LogP contribution in [0.4, 0.5) is 13.2 Å². The molecule has 2 rings (SSSR count). The van der Waals surface area contributed by atoms with Crippen LogP contribution in [0.2, 0.25) is 5.02 Å². The van der Waals surface area contributed by atoms with E-state index < -0.39 is 18.6 Å². The highest BCUT2D eigenvalue weighted by molar-refractivity contribution is 6.30. The van der Waals surface area contributed by atoms with Crippen molar-refractivity contribution in [3.63, 3.8) is 0 Å². The Kier molecular flexibility index (Phi) is 6.78. The van der Waals surface area contributed by atoms with E-state index in [4.69, 9.17) is 11.6 Å². The van der Waals surface area contributed by atoms with Gasteiger partial charge in [0.1, 0.15) is 0 Å². The van der Waals surface area contributed by atoms with Gasteiger partial charge in [-0.05, 0) is 30.2 Å². The summed E-state index contributed by atoms with van der Waals surface area (Å²) in [6.45, 7) is 4.51. The molecule has 1 atom stereocenters. The quantitative estimate of drug-likeness (QED) is 0.894. The van der Waals surface area contributed by atoms with E-state index >= 15 is 0 Å². The van der Waals surface area contributed by atoms with E-state index in [1.807, 2.05) is 11.8 Å². The Morgan fingerprint density at radius 1 is 1.29 bits per heavy atom. The van der Waals surface area contributed by atoms with E-state index in [9.17, 15) is 13.2 Å². The molecule has 0 spiro atoms. The second-order valence-corrected chi connectivity index (χ2v) is 5.56. The van der Waals surface area contributed by atoms with Crippen LogP contribution < -0.4 is 5.32 Å². The molecule has 21 heavy (non-hydrogen) atoms. The maximum absolute atomic E-state index is 12.9. The molecule has 0 aliphatic carbocycles. The number of piperazine rings is 1. The fourth-order valence-electron chi connectivity index (χ4n) is 2.66. The summed E-state index contributed by atoms with van der Waals surface area (Å²) < 4.78 is 38.7. The van der Waals surface area contributed by atoms with E-state index in [2.05, 4.69) is 5.32 Å². The number of nitrogens with zero attached hydrogens (tertiary/aromatic N) is 1. The monoisotopic (exact) mass is 342 g/mol. The van der Waals surface area contributed by atoms with Crippen molar-refractivity contribution in [1.29, 1.82) is 0 Å². The summed E-state index contributed by atoms with van der Waals surface area (Å²) in [7, 11) is 0. The third-order valence-electron chi connectivity index (χ3n) is 3.61. The van der Waals surface area contributed by atoms with Gasteiger partial charge in [-0.15, -0.1) is 12.4 Å². The van der Waals surface area contributed by atoms with E-state index in [-0.39, 0.29) is 12.4 Å². The Bertz CT molecular complexity index is 460. The SMILES string of the molecule is Cc1cc(Cl)ccc1[C@@H](CC(F)(F)F)N1CCNCC1.Cl. The topological polar surface area (TPSA) is 15.3 Å². The van der Waals surface area contributed by atoms with Crippen molar-refractivity contribution in [3.8, 4) is 0 Å². The highest BCUT2D eigenvalue weighted by Crippen LogP contribution is 2.35. The van der Waals surface area contributed by atoms with Gasteiger partial charge in [0.25, 0.3) is 0 Å². The molecular weight excluding hydrogens is 324 g/mol. The Morgan fingerprint density at radius 3 is 2.43 bits per heavy atom. The van der Waals surface area contributed by atoms with Gasteiger partial charge in [0.2, 0.25) is 0 Å². The number of aryl methyl sites for hydroxylation is 1. The fourth-order valence-corrected chi connectivity index (χ4v) is 2.89. The molecule has 0 radical (unpaired) electrons. The minimum atomic E-state index is -4.18. The molecule has 1 heterocycles. The van der Waals surface area contributed by atoms with Crippen LogP contribution in [-0.4, -0.2) is 37.3 Å². The molecule has 1 N–H and O–H groups in total. The fraction of sp³-hybridized carbons (Fsp3) is 0.571. The molecule has 1 aromatic rings. The van der Waals surface area contributed by atoms with Crippen LogP contribution >= 0.6 is 24.0 Å². The summed E-state index contributed by atoms with van der Waals surface area (Å²) in [6.07, 6.45) is -5.00. The Hall–Kier alpha value is -0.490. The summed E-state index contributed by atoms with van der Waals surface area (Å²) in [6, 6.07) is 4.47. The Labute approximate surface area is 134 Å². The number of benzene rings is 1. The standard InChI is InChI=1S/C14H18ClF3N2.ClH/c1-10-8-11(15)2-3-12(10)13(9-14(16,17)18)20-6-4-19-5-7-20;/h2-3,8,13,19H,4-7,9H2,1H3;1H/t13-;/m1./s1. The summed E-state index contributed by atoms with van der Waals surface area (Å²) in [5.41, 5.74) is 1.53. The Balaban J connectivity index is 0.00000220. The average molecular weight is 343 g/mol. The van der Waals surface area contributed by atoms with Crippen LogP contribution in [0.25, 0.3) is 0 Å². The molecule has 1 aliphatic heterocycles. The van der Waals surface area contributed by atoms with Crippen LogP contribution in [-0.2, 0) is 0 Å². The lowest BCUT2D eigenvalue weighted by Gasteiger charge is -2.36. The van der Waals surface area contributed by atoms with Crippen LogP contribution in [0.5, 0.6) is 0 Å². The predicted octanol–water partition coefficient (Wildman–Crippen LogP) is 3.97. The van der Waals surface area contributed by atoms with E-state index in [1.165, 1.54) is 0 Å². The number of hydrogen-bond acceptors (Lipinski definition) is 2. The number of rotatable bonds is 3. The normalized spacial score (nSPS) is 18.1. The molecule has 0 amide bonds. The summed E-state index contributed by atoms with van der Waals surface area (Å²) in [4.78, 5) is 1.90. The number of hydrogen-bond donors (Lipinski definition) is 1. The average Bonchev–Trinajstić information content (AvgIpc) is 2.36. The van der Waals surface area contributed by atoms with Gasteiger partial charge in [0.15, 0.2) is 0 Å². The number of alkyl halides is 3. The smallest absolute Gasteiger partial charge is 0.314 e. The molecule has 120 valence electrons. The molecule has 0 unspecified atom stereocenters. The van der Waals surface area contributed by atoms with Crippen LogP contribution in [0, 0.1) is 6.92 Å². The van der Waals surface area contributed by atoms with Crippen LogP contribution in [0.3, 0.4) is 0 Å². The lowest BCUT2D eigenvalue weighted by molar-refractivity contribution is -0.148. The molecule has 1 aromatic carbocycles. The van der Waals surface area contributed by atoms with E-state index in [0.29, 0.717) is 23.7 Å². The largest absolute Gasteiger partial charge is 0.390 e. The van der Waals surface area contributed by atoms with Gasteiger partial charge >= 0.3 is 6.18 Å². The molecule has 0 aromatic heterocycles. The predicted molar refractivity (Wildman–Crippen MR) is 81.3 cm³/mol. The lowest BCUT2D eigenvalue weighted by atomic mass is 9.96. The van der Waals surface area contributed by atoms with Crippen LogP contribution in [0.1, 0.15) is 23.6 Å². The Morgan fingerprint density at radius 2 is 1.90 bits per heavy atom. The van der Waals surface area contributed by atoms with Crippen molar-refractivity contribution < 1.29 is 13.2 Å². The molecule has 1 aliphatic rings. The van der Waals surface area contributed by atoms with Crippen LogP contribution in [0.15, 0.2) is 18.2 Å². The minimum Gasteiger partial charge on any atom is -0.314 e. The van der Waals surface area contributed by atoms with Crippen molar-refractivity contribution in [2.45, 2.75) is 25.6 Å². The third kappa shape index (κ3) is 5.33. The molecule has 7 heteroatoms. The molecule has 1 fully saturated rings. The molecule has 0 bridgehead atoms. The van der Waals surface area contributed by atoms with Gasteiger partial charge in [0, 0.05) is 37.2 Å². The first-order valence-corrected chi connectivity index (χ1v) is 7.02. The highest BCUT2D eigenvalue weighted by atomic mass is 35.5. The number of halogens is 5. The van der Waals surface area contributed by atoms with E-state index in [1.54, 1.807) is 18.2 Å². The van der Waals surface area contributed by atoms with Crippen molar-refractivity contribution in [3.05, 3.63) is 34.3 Å². The van der Waals surface area contributed by atoms with Gasteiger partial charge in [0.05, 0.1) is 6.42 Å². The second-order valence-electron chi connectivity index (χ2n) is 5.12. The van der Waals surface area contributed by atoms with Crippen molar-refractivity contribution in [2.24, 2.45) is 0 Å². The van der Waals surface area contributed by atoms with Crippen molar-refractivity contribution in [1.82, 2.24) is 10.2 Å². The van der Waals surface area contributed by atoms with Gasteiger partial charge < -0.3 is 5.32 Å². The summed E-state index contributed by atoms with van der Waals surface area (Å²) >= 11 is 5.89. The first-order valence-electron chi connectivity index (χ1n) is 6.64. The van der Waals surface area contributed by atoms with Gasteiger partial charge in [-0.25, -0.2) is 0 Å². The zero-order valence-corrected chi connectivity index (χ0v) is 13.3. The van der Waals surface area contributed by atoms with Gasteiger partial charge in [-0.3, -0.25) is 4.90 Å². The molecule has 1 saturated heterocycles. The summed E-state index contributed by atoms with van der Waals surface area (Å²) in [5.74, 6) is 0. The first kappa shape index (κ1) is 18.6. The zero-order chi connectivity index (χ0) is 14.8. The maximum Gasteiger partial charge on any atom is 0.390 e. The molecule has 2 nitrogen and oxygen atoms in total. The van der Waals surface area contributed by atoms with E-state index in [0.717, 1.165) is 18.7 Å². The van der Waals surface area contributed by atoms with Gasteiger partial charge in [-0.2, -0.15) is 13.2 Å². The lowest BCUT2D eigenvalue weighted by Crippen LogP contribution is -2.46. The minimum absolute atomic E-state index is 0. The maximum atomic E-state index is 12.9. The molecule has 0 saturated carbocycles. The second kappa shape index (κ2) is 7.68. The number of nitrogens with one attached hydrogen (secondary N) is 1. The first-order chi connectivity index (χ1) is 9.37. The highest BCUT2D eigenvalue weighted by Gasteiger charge is 2.36. The molecular formula is C14H19Cl2F3N2. The van der Waals surface area contributed by atoms with Gasteiger partial charge in [-0.1, -0.05) is 17.7 Å². The third-order valence-corrected chi connectivity index (χ3v) is 3.84. The van der Waals surface area contributed by atoms with Crippen molar-refractivity contribution in [2.75, 3.05) is 26.2 Å². The summed E-state index contributed by atoms with van der Waals surface area (Å²) in [5, 5.41) is 3.72.